The Bertz CT molecular complexity index is 421. The van der Waals surface area contributed by atoms with Gasteiger partial charge in [0.1, 0.15) is 0 Å². The fraction of sp³-hybridized carbons (Fsp3) is 0.533. The van der Waals surface area contributed by atoms with E-state index in [2.05, 4.69) is 19.1 Å². The molecule has 0 radical (unpaired) electrons. The van der Waals surface area contributed by atoms with Gasteiger partial charge in [-0.1, -0.05) is 37.6 Å². The third kappa shape index (κ3) is 1.27. The standard InChI is InChI=1S/C15H18O/c1-2-10-11-6-3-4-7-13(11)15(16)14-9-5-8-12(10)14/h3-4,6-7,10,12,14H,2,5,8-9H2,1H3/t10-,12+,14-/m0/s1. The topological polar surface area (TPSA) is 17.1 Å². The maximum absolute atomic E-state index is 12.4. The molecule has 84 valence electrons. The van der Waals surface area contributed by atoms with Crippen LogP contribution in [0.15, 0.2) is 24.3 Å². The van der Waals surface area contributed by atoms with E-state index in [9.17, 15) is 4.79 Å². The second-order valence-corrected chi connectivity index (χ2v) is 5.17. The highest BCUT2D eigenvalue weighted by atomic mass is 16.1. The van der Waals surface area contributed by atoms with Crippen LogP contribution in [0.4, 0.5) is 0 Å². The molecule has 0 aliphatic heterocycles. The third-order valence-corrected chi connectivity index (χ3v) is 4.49. The zero-order valence-corrected chi connectivity index (χ0v) is 9.78. The van der Waals surface area contributed by atoms with Crippen molar-refractivity contribution >= 4 is 5.78 Å². The Labute approximate surface area is 96.9 Å². The predicted octanol–water partition coefficient (Wildman–Crippen LogP) is 3.79. The minimum atomic E-state index is 0.333. The highest BCUT2D eigenvalue weighted by Gasteiger charge is 2.43. The molecular weight excluding hydrogens is 196 g/mol. The highest BCUT2D eigenvalue weighted by Crippen LogP contribution is 2.49. The SMILES string of the molecule is CC[C@H]1c2ccccc2C(=O)[C@H]2CCC[C@@H]21. The van der Waals surface area contributed by atoms with Crippen molar-refractivity contribution in [2.45, 2.75) is 38.5 Å². The molecule has 3 atom stereocenters. The van der Waals surface area contributed by atoms with E-state index < -0.39 is 0 Å². The quantitative estimate of drug-likeness (QED) is 0.695. The fourth-order valence-electron chi connectivity index (χ4n) is 3.79. The number of ketones is 1. The molecule has 16 heavy (non-hydrogen) atoms. The van der Waals surface area contributed by atoms with Crippen LogP contribution in [0.5, 0.6) is 0 Å². The summed E-state index contributed by atoms with van der Waals surface area (Å²) < 4.78 is 0. The number of carbonyl (C=O) groups excluding carboxylic acids is 1. The minimum Gasteiger partial charge on any atom is -0.294 e. The first-order valence-corrected chi connectivity index (χ1v) is 6.46. The van der Waals surface area contributed by atoms with Crippen LogP contribution in [0.3, 0.4) is 0 Å². The maximum atomic E-state index is 12.4. The van der Waals surface area contributed by atoms with Gasteiger partial charge in [0.25, 0.3) is 0 Å². The van der Waals surface area contributed by atoms with E-state index in [4.69, 9.17) is 0 Å². The van der Waals surface area contributed by atoms with Gasteiger partial charge >= 0.3 is 0 Å². The average molecular weight is 214 g/mol. The Kier molecular flexibility index (Phi) is 2.34. The molecule has 0 unspecified atom stereocenters. The van der Waals surface area contributed by atoms with Gasteiger partial charge in [-0.15, -0.1) is 0 Å². The lowest BCUT2D eigenvalue weighted by atomic mass is 9.69. The molecule has 1 saturated carbocycles. The van der Waals surface area contributed by atoms with E-state index in [-0.39, 0.29) is 0 Å². The lowest BCUT2D eigenvalue weighted by Crippen LogP contribution is -2.31. The first kappa shape index (κ1) is 10.1. The zero-order valence-electron chi connectivity index (χ0n) is 9.78. The molecule has 0 spiro atoms. The van der Waals surface area contributed by atoms with Crippen molar-refractivity contribution in [3.8, 4) is 0 Å². The van der Waals surface area contributed by atoms with E-state index in [1.807, 2.05) is 12.1 Å². The van der Waals surface area contributed by atoms with Gasteiger partial charge in [0, 0.05) is 11.5 Å². The van der Waals surface area contributed by atoms with Gasteiger partial charge in [-0.3, -0.25) is 4.79 Å². The Morgan fingerprint density at radius 1 is 1.25 bits per heavy atom. The summed E-state index contributed by atoms with van der Waals surface area (Å²) in [4.78, 5) is 12.4. The van der Waals surface area contributed by atoms with Crippen LogP contribution >= 0.6 is 0 Å². The lowest BCUT2D eigenvalue weighted by molar-refractivity contribution is 0.0855. The van der Waals surface area contributed by atoms with Crippen LogP contribution < -0.4 is 0 Å². The van der Waals surface area contributed by atoms with Gasteiger partial charge in [-0.2, -0.15) is 0 Å². The Morgan fingerprint density at radius 3 is 2.88 bits per heavy atom. The molecule has 1 nitrogen and oxygen atoms in total. The van der Waals surface area contributed by atoms with Crippen molar-refractivity contribution in [2.24, 2.45) is 11.8 Å². The van der Waals surface area contributed by atoms with Gasteiger partial charge < -0.3 is 0 Å². The summed E-state index contributed by atoms with van der Waals surface area (Å²) in [5.41, 5.74) is 2.33. The van der Waals surface area contributed by atoms with Gasteiger partial charge in [-0.25, -0.2) is 0 Å². The van der Waals surface area contributed by atoms with Crippen LogP contribution in [0.2, 0.25) is 0 Å². The predicted molar refractivity (Wildman–Crippen MR) is 64.6 cm³/mol. The first-order chi connectivity index (χ1) is 7.83. The number of rotatable bonds is 1. The van der Waals surface area contributed by atoms with Crippen LogP contribution in [0.25, 0.3) is 0 Å². The molecule has 1 fully saturated rings. The van der Waals surface area contributed by atoms with Crippen molar-refractivity contribution in [2.75, 3.05) is 0 Å². The molecule has 1 aromatic carbocycles. The van der Waals surface area contributed by atoms with Crippen molar-refractivity contribution in [3.63, 3.8) is 0 Å². The van der Waals surface area contributed by atoms with Gasteiger partial charge in [0.15, 0.2) is 5.78 Å². The maximum Gasteiger partial charge on any atom is 0.166 e. The van der Waals surface area contributed by atoms with Crippen LogP contribution in [-0.4, -0.2) is 5.78 Å². The number of carbonyl (C=O) groups is 1. The molecule has 2 aliphatic carbocycles. The molecule has 0 N–H and O–H groups in total. The summed E-state index contributed by atoms with van der Waals surface area (Å²) in [6.45, 7) is 2.26. The normalized spacial score (nSPS) is 32.3. The van der Waals surface area contributed by atoms with E-state index in [1.165, 1.54) is 24.8 Å². The Balaban J connectivity index is 2.13. The second-order valence-electron chi connectivity index (χ2n) is 5.17. The van der Waals surface area contributed by atoms with Gasteiger partial charge in [0.2, 0.25) is 0 Å². The smallest absolute Gasteiger partial charge is 0.166 e. The summed E-state index contributed by atoms with van der Waals surface area (Å²) in [6.07, 6.45) is 4.79. The summed E-state index contributed by atoms with van der Waals surface area (Å²) in [5, 5.41) is 0. The van der Waals surface area contributed by atoms with Crippen molar-refractivity contribution in [1.29, 1.82) is 0 Å². The largest absolute Gasteiger partial charge is 0.294 e. The minimum absolute atomic E-state index is 0.333. The van der Waals surface area contributed by atoms with E-state index >= 15 is 0 Å². The molecule has 0 aromatic heterocycles. The van der Waals surface area contributed by atoms with Crippen LogP contribution in [0.1, 0.15) is 54.4 Å². The first-order valence-electron chi connectivity index (χ1n) is 6.46. The van der Waals surface area contributed by atoms with E-state index in [1.54, 1.807) is 0 Å². The molecule has 3 rings (SSSR count). The van der Waals surface area contributed by atoms with Crippen LogP contribution in [0, 0.1) is 11.8 Å². The van der Waals surface area contributed by atoms with Crippen molar-refractivity contribution in [3.05, 3.63) is 35.4 Å². The molecule has 1 heteroatoms. The summed E-state index contributed by atoms with van der Waals surface area (Å²) in [5.74, 6) is 2.01. The number of Topliss-reactive ketones (excluding diaryl/α,β-unsaturated/α-hetero) is 1. The van der Waals surface area contributed by atoms with E-state index in [0.29, 0.717) is 23.5 Å². The van der Waals surface area contributed by atoms with Crippen molar-refractivity contribution < 1.29 is 4.79 Å². The molecule has 0 saturated heterocycles. The van der Waals surface area contributed by atoms with Gasteiger partial charge in [0.05, 0.1) is 0 Å². The number of fused-ring (bicyclic) bond motifs is 2. The zero-order chi connectivity index (χ0) is 11.1. The molecule has 1 aromatic rings. The molecule has 0 heterocycles. The molecule has 2 aliphatic rings. The summed E-state index contributed by atoms with van der Waals surface area (Å²) in [7, 11) is 0. The molecular formula is C15H18O. The number of benzene rings is 1. The lowest BCUT2D eigenvalue weighted by Gasteiger charge is -2.34. The summed E-state index contributed by atoms with van der Waals surface area (Å²) in [6, 6.07) is 8.26. The molecule has 0 amide bonds. The van der Waals surface area contributed by atoms with Crippen molar-refractivity contribution in [1.82, 2.24) is 0 Å². The third-order valence-electron chi connectivity index (χ3n) is 4.49. The Morgan fingerprint density at radius 2 is 2.06 bits per heavy atom. The number of hydrogen-bond donors (Lipinski definition) is 0. The van der Waals surface area contributed by atoms with Gasteiger partial charge in [-0.05, 0) is 36.7 Å². The highest BCUT2D eigenvalue weighted by molar-refractivity contribution is 6.01. The fourth-order valence-corrected chi connectivity index (χ4v) is 3.79. The molecule has 0 bridgehead atoms. The van der Waals surface area contributed by atoms with Crippen LogP contribution in [-0.2, 0) is 0 Å². The number of hydrogen-bond acceptors (Lipinski definition) is 1. The average Bonchev–Trinajstić information content (AvgIpc) is 2.79. The summed E-state index contributed by atoms with van der Waals surface area (Å²) >= 11 is 0. The second kappa shape index (κ2) is 3.73. The monoisotopic (exact) mass is 214 g/mol. The Hall–Kier alpha value is -1.11. The van der Waals surface area contributed by atoms with E-state index in [0.717, 1.165) is 12.0 Å².